The molecule has 0 bridgehead atoms. The molecule has 0 aromatic heterocycles. The van der Waals surface area contributed by atoms with Gasteiger partial charge in [0.05, 0.1) is 25.5 Å². The molecule has 0 spiro atoms. The van der Waals surface area contributed by atoms with Crippen molar-refractivity contribution in [1.82, 2.24) is 0 Å². The molecule has 0 N–H and O–H groups in total. The largest absolute Gasteiger partial charge is 0.469 e. The minimum absolute atomic E-state index is 0.0880. The first-order valence-electron chi connectivity index (χ1n) is 7.70. The van der Waals surface area contributed by atoms with Gasteiger partial charge in [0.1, 0.15) is 0 Å². The first-order chi connectivity index (χ1) is 9.62. The van der Waals surface area contributed by atoms with Crippen LogP contribution in [0.25, 0.3) is 0 Å². The van der Waals surface area contributed by atoms with E-state index in [9.17, 15) is 10.1 Å². The lowest BCUT2D eigenvalue weighted by Gasteiger charge is -2.32. The van der Waals surface area contributed by atoms with Crippen LogP contribution in [0.1, 0.15) is 51.9 Å². The molecular weight excluding hydrogens is 270 g/mol. The van der Waals surface area contributed by atoms with Crippen LogP contribution in [0.4, 0.5) is 0 Å². The Morgan fingerprint density at radius 3 is 2.75 bits per heavy atom. The molecule has 0 aliphatic heterocycles. The molecule has 0 aromatic carbocycles. The number of thioether (sulfide) groups is 1. The number of esters is 1. The van der Waals surface area contributed by atoms with E-state index >= 15 is 0 Å². The molecular formula is C16H25NO2S. The van der Waals surface area contributed by atoms with Gasteiger partial charge in [-0.1, -0.05) is 13.3 Å². The lowest BCUT2D eigenvalue weighted by molar-refractivity contribution is -0.141. The van der Waals surface area contributed by atoms with Gasteiger partial charge in [0, 0.05) is 5.25 Å². The molecule has 2 saturated carbocycles. The number of nitriles is 1. The van der Waals surface area contributed by atoms with Crippen LogP contribution in [-0.2, 0) is 9.53 Å². The molecule has 0 saturated heterocycles. The number of nitrogens with zero attached hydrogens (tertiary/aromatic N) is 1. The van der Waals surface area contributed by atoms with E-state index in [1.807, 2.05) is 11.8 Å². The van der Waals surface area contributed by atoms with Crippen molar-refractivity contribution in [3.63, 3.8) is 0 Å². The Bertz CT molecular complexity index is 386. The van der Waals surface area contributed by atoms with Crippen molar-refractivity contribution in [1.29, 1.82) is 5.26 Å². The summed E-state index contributed by atoms with van der Waals surface area (Å²) in [6.45, 7) is 2.25. The Morgan fingerprint density at radius 2 is 2.20 bits per heavy atom. The molecule has 2 rings (SSSR count). The number of hydrogen-bond donors (Lipinski definition) is 0. The first kappa shape index (κ1) is 15.7. The van der Waals surface area contributed by atoms with Crippen LogP contribution in [0.3, 0.4) is 0 Å². The lowest BCUT2D eigenvalue weighted by atomic mass is 9.81. The fraction of sp³-hybridized carbons (Fsp3) is 0.875. The van der Waals surface area contributed by atoms with Crippen molar-refractivity contribution >= 4 is 17.7 Å². The molecule has 3 unspecified atom stereocenters. The SMILES string of the molecule is CCC1CCC(C#N)C(SCC2(CC(=O)OC)CC2)C1. The highest BCUT2D eigenvalue weighted by atomic mass is 32.2. The van der Waals surface area contributed by atoms with Crippen LogP contribution in [0.15, 0.2) is 0 Å². The van der Waals surface area contributed by atoms with Gasteiger partial charge in [-0.3, -0.25) is 4.79 Å². The van der Waals surface area contributed by atoms with E-state index in [-0.39, 0.29) is 17.3 Å². The van der Waals surface area contributed by atoms with Gasteiger partial charge in [-0.15, -0.1) is 0 Å². The van der Waals surface area contributed by atoms with Crippen LogP contribution in [0, 0.1) is 28.6 Å². The minimum atomic E-state index is -0.0880. The smallest absolute Gasteiger partial charge is 0.306 e. The zero-order valence-electron chi connectivity index (χ0n) is 12.6. The van der Waals surface area contributed by atoms with E-state index in [2.05, 4.69) is 13.0 Å². The summed E-state index contributed by atoms with van der Waals surface area (Å²) in [7, 11) is 1.46. The van der Waals surface area contributed by atoms with Crippen molar-refractivity contribution in [3.8, 4) is 6.07 Å². The highest BCUT2D eigenvalue weighted by molar-refractivity contribution is 7.99. The normalized spacial score (nSPS) is 31.4. The number of carbonyl (C=O) groups is 1. The summed E-state index contributed by atoms with van der Waals surface area (Å²) in [5.74, 6) is 1.92. The maximum atomic E-state index is 11.5. The van der Waals surface area contributed by atoms with Crippen molar-refractivity contribution in [3.05, 3.63) is 0 Å². The van der Waals surface area contributed by atoms with Crippen LogP contribution in [0.2, 0.25) is 0 Å². The van der Waals surface area contributed by atoms with Gasteiger partial charge in [-0.2, -0.15) is 17.0 Å². The number of rotatable bonds is 6. The topological polar surface area (TPSA) is 50.1 Å². The molecule has 0 radical (unpaired) electrons. The fourth-order valence-electron chi connectivity index (χ4n) is 3.13. The van der Waals surface area contributed by atoms with E-state index in [0.29, 0.717) is 11.7 Å². The molecule has 2 aliphatic rings. The summed E-state index contributed by atoms with van der Waals surface area (Å²) in [6, 6.07) is 2.49. The standard InChI is InChI=1S/C16H25NO2S/c1-3-12-4-5-13(10-17)14(8-12)20-11-16(6-7-16)9-15(18)19-2/h12-14H,3-9,11H2,1-2H3. The molecule has 0 aromatic rings. The second kappa shape index (κ2) is 6.85. The third kappa shape index (κ3) is 3.91. The highest BCUT2D eigenvalue weighted by Crippen LogP contribution is 2.53. The highest BCUT2D eigenvalue weighted by Gasteiger charge is 2.45. The number of hydrogen-bond acceptors (Lipinski definition) is 4. The quantitative estimate of drug-likeness (QED) is 0.700. The van der Waals surface area contributed by atoms with E-state index in [1.165, 1.54) is 26.4 Å². The van der Waals surface area contributed by atoms with Gasteiger partial charge >= 0.3 is 5.97 Å². The Kier molecular flexibility index (Phi) is 5.37. The lowest BCUT2D eigenvalue weighted by Crippen LogP contribution is -2.27. The molecule has 2 fully saturated rings. The van der Waals surface area contributed by atoms with Gasteiger partial charge in [-0.05, 0) is 49.2 Å². The summed E-state index contributed by atoms with van der Waals surface area (Å²) >= 11 is 1.94. The van der Waals surface area contributed by atoms with Crippen LogP contribution in [-0.4, -0.2) is 24.1 Å². The van der Waals surface area contributed by atoms with E-state index < -0.39 is 0 Å². The van der Waals surface area contributed by atoms with Crippen LogP contribution < -0.4 is 0 Å². The molecule has 4 heteroatoms. The Morgan fingerprint density at radius 1 is 1.45 bits per heavy atom. The van der Waals surface area contributed by atoms with Gasteiger partial charge in [0.2, 0.25) is 0 Å². The second-order valence-corrected chi connectivity index (χ2v) is 7.65. The van der Waals surface area contributed by atoms with Gasteiger partial charge < -0.3 is 4.74 Å². The van der Waals surface area contributed by atoms with E-state index in [4.69, 9.17) is 4.74 Å². The molecule has 2 aliphatic carbocycles. The second-order valence-electron chi connectivity index (χ2n) is 6.43. The van der Waals surface area contributed by atoms with Gasteiger partial charge in [-0.25, -0.2) is 0 Å². The summed E-state index contributed by atoms with van der Waals surface area (Å²) in [5, 5.41) is 9.78. The fourth-order valence-corrected chi connectivity index (χ4v) is 4.92. The first-order valence-corrected chi connectivity index (χ1v) is 8.75. The monoisotopic (exact) mass is 295 g/mol. The van der Waals surface area contributed by atoms with Crippen LogP contribution in [0.5, 0.6) is 0 Å². The average Bonchev–Trinajstić information content (AvgIpc) is 3.24. The van der Waals surface area contributed by atoms with E-state index in [0.717, 1.165) is 30.9 Å². The third-order valence-electron chi connectivity index (χ3n) is 4.95. The Hall–Kier alpha value is -0.690. The predicted octanol–water partition coefficient (Wildman–Crippen LogP) is 3.78. The molecule has 0 heterocycles. The number of ether oxygens (including phenoxy) is 1. The van der Waals surface area contributed by atoms with Crippen molar-refractivity contribution < 1.29 is 9.53 Å². The van der Waals surface area contributed by atoms with Gasteiger partial charge in [0.15, 0.2) is 0 Å². The number of carbonyl (C=O) groups excluding carboxylic acids is 1. The zero-order valence-corrected chi connectivity index (χ0v) is 13.4. The Labute approximate surface area is 126 Å². The molecule has 20 heavy (non-hydrogen) atoms. The van der Waals surface area contributed by atoms with E-state index in [1.54, 1.807) is 0 Å². The Balaban J connectivity index is 1.85. The summed E-state index contributed by atoms with van der Waals surface area (Å²) in [5.41, 5.74) is 0.178. The van der Waals surface area contributed by atoms with Gasteiger partial charge in [0.25, 0.3) is 0 Å². The van der Waals surface area contributed by atoms with Crippen molar-refractivity contribution in [2.24, 2.45) is 17.3 Å². The van der Waals surface area contributed by atoms with Crippen LogP contribution >= 0.6 is 11.8 Å². The molecule has 112 valence electrons. The molecule has 3 atom stereocenters. The maximum Gasteiger partial charge on any atom is 0.306 e. The predicted molar refractivity (Wildman–Crippen MR) is 81.3 cm³/mol. The van der Waals surface area contributed by atoms with Crippen molar-refractivity contribution in [2.45, 2.75) is 57.1 Å². The third-order valence-corrected chi connectivity index (χ3v) is 6.68. The molecule has 3 nitrogen and oxygen atoms in total. The average molecular weight is 295 g/mol. The maximum absolute atomic E-state index is 11.5. The zero-order chi connectivity index (χ0) is 14.6. The summed E-state index contributed by atoms with van der Waals surface area (Å²) in [6.07, 6.45) is 7.48. The molecule has 0 amide bonds. The number of methoxy groups -OCH3 is 1. The minimum Gasteiger partial charge on any atom is -0.469 e. The summed E-state index contributed by atoms with van der Waals surface area (Å²) in [4.78, 5) is 11.5. The van der Waals surface area contributed by atoms with Crippen molar-refractivity contribution in [2.75, 3.05) is 12.9 Å². The summed E-state index contributed by atoms with van der Waals surface area (Å²) < 4.78 is 4.79.